The Morgan fingerprint density at radius 1 is 1.24 bits per heavy atom. The highest BCUT2D eigenvalue weighted by Crippen LogP contribution is 2.26. The minimum Gasteiger partial charge on any atom is -0.353 e. The van der Waals surface area contributed by atoms with Gasteiger partial charge in [0.1, 0.15) is 5.82 Å². The van der Waals surface area contributed by atoms with Gasteiger partial charge in [-0.25, -0.2) is 4.98 Å². The second kappa shape index (κ2) is 6.92. The highest BCUT2D eigenvalue weighted by Gasteiger charge is 2.14. The van der Waals surface area contributed by atoms with Gasteiger partial charge >= 0.3 is 0 Å². The van der Waals surface area contributed by atoms with Gasteiger partial charge in [-0.05, 0) is 48.7 Å². The third kappa shape index (κ3) is 3.74. The molecule has 0 saturated carbocycles. The van der Waals surface area contributed by atoms with E-state index in [0.29, 0.717) is 6.54 Å². The average molecular weight is 304 g/mol. The largest absolute Gasteiger partial charge is 0.353 e. The van der Waals surface area contributed by atoms with Crippen LogP contribution in [0.15, 0.2) is 36.4 Å². The molecule has 0 bridgehead atoms. The normalized spacial score (nSPS) is 12.2. The summed E-state index contributed by atoms with van der Waals surface area (Å²) < 4.78 is 0. The molecule has 21 heavy (non-hydrogen) atoms. The van der Waals surface area contributed by atoms with Crippen molar-refractivity contribution in [2.24, 2.45) is 5.73 Å². The number of hydrogen-bond acceptors (Lipinski definition) is 3. The first kappa shape index (κ1) is 15.8. The van der Waals surface area contributed by atoms with Crippen molar-refractivity contribution in [1.82, 2.24) is 4.98 Å². The Morgan fingerprint density at radius 2 is 1.90 bits per heavy atom. The summed E-state index contributed by atoms with van der Waals surface area (Å²) in [5.41, 5.74) is 9.18. The lowest BCUT2D eigenvalue weighted by atomic mass is 10.1. The summed E-state index contributed by atoms with van der Waals surface area (Å²) in [5, 5.41) is 0.755. The molecule has 4 heteroatoms. The van der Waals surface area contributed by atoms with E-state index in [1.807, 2.05) is 12.1 Å². The van der Waals surface area contributed by atoms with E-state index in [4.69, 9.17) is 22.3 Å². The highest BCUT2D eigenvalue weighted by molar-refractivity contribution is 6.30. The number of halogens is 1. The van der Waals surface area contributed by atoms with Crippen LogP contribution in [0.2, 0.25) is 5.02 Å². The van der Waals surface area contributed by atoms with E-state index in [2.05, 4.69) is 50.1 Å². The van der Waals surface area contributed by atoms with E-state index in [1.165, 1.54) is 5.56 Å². The zero-order valence-electron chi connectivity index (χ0n) is 12.8. The van der Waals surface area contributed by atoms with Crippen LogP contribution < -0.4 is 10.6 Å². The van der Waals surface area contributed by atoms with Crippen LogP contribution in [0.25, 0.3) is 0 Å². The van der Waals surface area contributed by atoms with Crippen molar-refractivity contribution < 1.29 is 0 Å². The number of aromatic nitrogens is 1. The Morgan fingerprint density at radius 3 is 2.48 bits per heavy atom. The Hall–Kier alpha value is -1.58. The molecular weight excluding hydrogens is 282 g/mol. The van der Waals surface area contributed by atoms with Crippen molar-refractivity contribution in [3.8, 4) is 0 Å². The van der Waals surface area contributed by atoms with Gasteiger partial charge in [-0.2, -0.15) is 0 Å². The predicted octanol–water partition coefficient (Wildman–Crippen LogP) is 3.95. The average Bonchev–Trinajstić information content (AvgIpc) is 2.53. The second-order valence-corrected chi connectivity index (χ2v) is 5.66. The minimum atomic E-state index is 0.215. The number of rotatable bonds is 5. The SMILES string of the molecule is CCc1cc(CN)cc(N(C)C(C)c2ccc(Cl)cc2)n1. The van der Waals surface area contributed by atoms with Crippen molar-refractivity contribution in [1.29, 1.82) is 0 Å². The van der Waals surface area contributed by atoms with Crippen molar-refractivity contribution in [2.75, 3.05) is 11.9 Å². The van der Waals surface area contributed by atoms with Gasteiger partial charge in [0.15, 0.2) is 0 Å². The van der Waals surface area contributed by atoms with Gasteiger partial charge < -0.3 is 10.6 Å². The van der Waals surface area contributed by atoms with E-state index in [1.54, 1.807) is 0 Å². The van der Waals surface area contributed by atoms with Crippen molar-refractivity contribution in [3.63, 3.8) is 0 Å². The summed E-state index contributed by atoms with van der Waals surface area (Å²) in [7, 11) is 2.06. The van der Waals surface area contributed by atoms with Crippen LogP contribution in [-0.4, -0.2) is 12.0 Å². The Bertz CT molecular complexity index is 573. The topological polar surface area (TPSA) is 42.1 Å². The molecule has 0 radical (unpaired) electrons. The lowest BCUT2D eigenvalue weighted by molar-refractivity contribution is 0.724. The molecule has 0 spiro atoms. The molecule has 2 aromatic rings. The molecule has 1 aromatic heterocycles. The van der Waals surface area contributed by atoms with Gasteiger partial charge in [-0.1, -0.05) is 30.7 Å². The standard InChI is InChI=1S/C17H22ClN3/c1-4-16-9-13(11-19)10-17(20-16)21(3)12(2)14-5-7-15(18)8-6-14/h5-10,12H,4,11,19H2,1-3H3. The van der Waals surface area contributed by atoms with E-state index in [9.17, 15) is 0 Å². The van der Waals surface area contributed by atoms with E-state index < -0.39 is 0 Å². The summed E-state index contributed by atoms with van der Waals surface area (Å²) in [6.45, 7) is 4.80. The number of benzene rings is 1. The van der Waals surface area contributed by atoms with Crippen LogP contribution in [-0.2, 0) is 13.0 Å². The fraction of sp³-hybridized carbons (Fsp3) is 0.353. The van der Waals surface area contributed by atoms with Crippen molar-refractivity contribution >= 4 is 17.4 Å². The summed E-state index contributed by atoms with van der Waals surface area (Å²) in [4.78, 5) is 6.88. The second-order valence-electron chi connectivity index (χ2n) is 5.22. The van der Waals surface area contributed by atoms with Crippen LogP contribution in [0.4, 0.5) is 5.82 Å². The lowest BCUT2D eigenvalue weighted by Crippen LogP contribution is -2.23. The van der Waals surface area contributed by atoms with Crippen LogP contribution in [0.3, 0.4) is 0 Å². The van der Waals surface area contributed by atoms with Crippen LogP contribution in [0, 0.1) is 0 Å². The van der Waals surface area contributed by atoms with Crippen LogP contribution >= 0.6 is 11.6 Å². The molecule has 2 rings (SSSR count). The molecule has 112 valence electrons. The van der Waals surface area contributed by atoms with E-state index >= 15 is 0 Å². The van der Waals surface area contributed by atoms with Gasteiger partial charge in [0.25, 0.3) is 0 Å². The first-order chi connectivity index (χ1) is 10.0. The van der Waals surface area contributed by atoms with E-state index in [0.717, 1.165) is 28.5 Å². The maximum absolute atomic E-state index is 5.95. The van der Waals surface area contributed by atoms with Gasteiger partial charge in [-0.15, -0.1) is 0 Å². The quantitative estimate of drug-likeness (QED) is 0.909. The Kier molecular flexibility index (Phi) is 5.21. The molecule has 1 unspecified atom stereocenters. The lowest BCUT2D eigenvalue weighted by Gasteiger charge is -2.27. The molecule has 2 N–H and O–H groups in total. The monoisotopic (exact) mass is 303 g/mol. The molecule has 1 heterocycles. The number of hydrogen-bond donors (Lipinski definition) is 1. The number of pyridine rings is 1. The van der Waals surface area contributed by atoms with Crippen molar-refractivity contribution in [3.05, 3.63) is 58.2 Å². The summed E-state index contributed by atoms with van der Waals surface area (Å²) in [6, 6.07) is 12.3. The fourth-order valence-electron chi connectivity index (χ4n) is 2.28. The fourth-order valence-corrected chi connectivity index (χ4v) is 2.40. The molecule has 1 aromatic carbocycles. The molecule has 0 aliphatic carbocycles. The highest BCUT2D eigenvalue weighted by atomic mass is 35.5. The maximum atomic E-state index is 5.95. The predicted molar refractivity (Wildman–Crippen MR) is 89.8 cm³/mol. The summed E-state index contributed by atoms with van der Waals surface area (Å²) >= 11 is 5.95. The zero-order chi connectivity index (χ0) is 15.4. The summed E-state index contributed by atoms with van der Waals surface area (Å²) in [6.07, 6.45) is 0.907. The first-order valence-electron chi connectivity index (χ1n) is 7.23. The van der Waals surface area contributed by atoms with Gasteiger partial charge in [0.05, 0.1) is 6.04 Å². The molecule has 3 nitrogen and oxygen atoms in total. The van der Waals surface area contributed by atoms with Crippen LogP contribution in [0.1, 0.15) is 36.7 Å². The molecule has 0 saturated heterocycles. The van der Waals surface area contributed by atoms with Gasteiger partial charge in [0.2, 0.25) is 0 Å². The number of nitrogens with zero attached hydrogens (tertiary/aromatic N) is 2. The number of aryl methyl sites for hydroxylation is 1. The molecular formula is C17H22ClN3. The number of nitrogens with two attached hydrogens (primary N) is 1. The minimum absolute atomic E-state index is 0.215. The van der Waals surface area contributed by atoms with Gasteiger partial charge in [0, 0.05) is 24.3 Å². The summed E-state index contributed by atoms with van der Waals surface area (Å²) in [5.74, 6) is 0.956. The third-order valence-electron chi connectivity index (χ3n) is 3.82. The molecule has 0 aliphatic heterocycles. The maximum Gasteiger partial charge on any atom is 0.129 e. The Balaban J connectivity index is 2.29. The van der Waals surface area contributed by atoms with E-state index in [-0.39, 0.29) is 6.04 Å². The van der Waals surface area contributed by atoms with Gasteiger partial charge in [-0.3, -0.25) is 0 Å². The third-order valence-corrected chi connectivity index (χ3v) is 4.07. The molecule has 0 fully saturated rings. The van der Waals surface area contributed by atoms with Crippen molar-refractivity contribution in [2.45, 2.75) is 32.9 Å². The Labute approximate surface area is 131 Å². The first-order valence-corrected chi connectivity index (χ1v) is 7.61. The zero-order valence-corrected chi connectivity index (χ0v) is 13.6. The van der Waals surface area contributed by atoms with Crippen LogP contribution in [0.5, 0.6) is 0 Å². The molecule has 0 amide bonds. The smallest absolute Gasteiger partial charge is 0.129 e. The number of anilines is 1. The molecule has 0 aliphatic rings. The molecule has 1 atom stereocenters.